The van der Waals surface area contributed by atoms with Crippen LogP contribution in [0.1, 0.15) is 76.7 Å². The smallest absolute Gasteiger partial charge is 0.219 e. The monoisotopic (exact) mass is 506 g/mol. The van der Waals surface area contributed by atoms with Gasteiger partial charge in [-0.25, -0.2) is 0 Å². The first kappa shape index (κ1) is 33.5. The van der Waals surface area contributed by atoms with Gasteiger partial charge in [0, 0.05) is 50.7 Å². The van der Waals surface area contributed by atoms with Crippen LogP contribution in [0.4, 0.5) is 5.69 Å². The number of anilines is 1. The molecule has 1 rings (SSSR count). The van der Waals surface area contributed by atoms with E-state index in [2.05, 4.69) is 43.4 Å². The van der Waals surface area contributed by atoms with Gasteiger partial charge in [0.25, 0.3) is 0 Å². The number of hydrogen-bond acceptors (Lipinski definition) is 7. The lowest BCUT2D eigenvalue weighted by Gasteiger charge is -2.30. The van der Waals surface area contributed by atoms with Gasteiger partial charge in [0.2, 0.25) is 5.91 Å². The number of aldehydes is 2. The molecule has 0 aliphatic heterocycles. The standard InChI is InChI=1S/C19H28N2O4.C9H22N2/c1-6-18(24)20-8-9-21(5)16-11-15(12-22)14(3)10-17(16)25-19(4,7-2)13-23;1-6-9(7-10-4)11(5)8(2)3/h10-13H,6-9H2,1-5H3,(H,20,24);8-10H,6-7H2,1-5H3. The van der Waals surface area contributed by atoms with Crippen molar-refractivity contribution in [3.05, 3.63) is 23.3 Å². The summed E-state index contributed by atoms with van der Waals surface area (Å²) in [5, 5.41) is 6.03. The molecule has 0 aliphatic rings. The molecule has 8 nitrogen and oxygen atoms in total. The summed E-state index contributed by atoms with van der Waals surface area (Å²) in [4.78, 5) is 38.4. The van der Waals surface area contributed by atoms with Gasteiger partial charge in [-0.2, -0.15) is 0 Å². The van der Waals surface area contributed by atoms with E-state index in [9.17, 15) is 14.4 Å². The van der Waals surface area contributed by atoms with E-state index in [1.165, 1.54) is 6.42 Å². The molecule has 2 unspecified atom stereocenters. The molecule has 8 heteroatoms. The minimum Gasteiger partial charge on any atom is -0.478 e. The zero-order valence-corrected chi connectivity index (χ0v) is 24.2. The van der Waals surface area contributed by atoms with E-state index in [1.54, 1.807) is 26.0 Å². The van der Waals surface area contributed by atoms with Crippen LogP contribution in [0.15, 0.2) is 12.1 Å². The number of carbonyl (C=O) groups is 3. The average Bonchev–Trinajstić information content (AvgIpc) is 2.86. The van der Waals surface area contributed by atoms with Gasteiger partial charge >= 0.3 is 0 Å². The Bertz CT molecular complexity index is 815. The van der Waals surface area contributed by atoms with E-state index in [-0.39, 0.29) is 5.91 Å². The lowest BCUT2D eigenvalue weighted by atomic mass is 10.0. The number of carbonyl (C=O) groups excluding carboxylic acids is 3. The van der Waals surface area contributed by atoms with Crippen LogP contribution in [-0.2, 0) is 9.59 Å². The molecule has 0 saturated heterocycles. The van der Waals surface area contributed by atoms with E-state index < -0.39 is 5.60 Å². The molecule has 0 spiro atoms. The molecule has 0 aromatic heterocycles. The number of benzene rings is 1. The summed E-state index contributed by atoms with van der Waals surface area (Å²) in [6.45, 7) is 16.1. The van der Waals surface area contributed by atoms with Crippen molar-refractivity contribution >= 4 is 24.2 Å². The Morgan fingerprint density at radius 2 is 1.81 bits per heavy atom. The van der Waals surface area contributed by atoms with Crippen molar-refractivity contribution in [3.8, 4) is 5.75 Å². The SMILES string of the molecule is CCC(=O)NCCN(C)c1cc(C=O)c(C)cc1OC(C)(C=O)CC.CCC(CNC)N(C)C(C)C. The third-order valence-corrected chi connectivity index (χ3v) is 6.57. The summed E-state index contributed by atoms with van der Waals surface area (Å²) >= 11 is 0. The highest BCUT2D eigenvalue weighted by molar-refractivity contribution is 5.82. The van der Waals surface area contributed by atoms with Crippen molar-refractivity contribution in [1.29, 1.82) is 0 Å². The van der Waals surface area contributed by atoms with Crippen LogP contribution in [-0.4, -0.2) is 81.8 Å². The van der Waals surface area contributed by atoms with Gasteiger partial charge in [-0.15, -0.1) is 0 Å². The van der Waals surface area contributed by atoms with Crippen molar-refractivity contribution in [2.45, 2.75) is 85.4 Å². The fourth-order valence-electron chi connectivity index (χ4n) is 3.47. The molecule has 206 valence electrons. The average molecular weight is 507 g/mol. The molecule has 1 aromatic carbocycles. The van der Waals surface area contributed by atoms with Crippen molar-refractivity contribution in [1.82, 2.24) is 15.5 Å². The molecular weight excluding hydrogens is 456 g/mol. The fraction of sp³-hybridized carbons (Fsp3) is 0.679. The summed E-state index contributed by atoms with van der Waals surface area (Å²) in [5.74, 6) is 0.533. The first-order valence-corrected chi connectivity index (χ1v) is 13.0. The molecule has 2 atom stereocenters. The first-order chi connectivity index (χ1) is 16.9. The number of amides is 1. The molecule has 0 saturated carbocycles. The van der Waals surface area contributed by atoms with Gasteiger partial charge in [0.1, 0.15) is 12.0 Å². The summed E-state index contributed by atoms with van der Waals surface area (Å²) in [6, 6.07) is 4.85. The number of nitrogens with one attached hydrogen (secondary N) is 2. The highest BCUT2D eigenvalue weighted by Gasteiger charge is 2.26. The lowest BCUT2D eigenvalue weighted by molar-refractivity contribution is -0.121. The largest absolute Gasteiger partial charge is 0.478 e. The van der Waals surface area contributed by atoms with Gasteiger partial charge < -0.3 is 20.3 Å². The predicted molar refractivity (Wildman–Crippen MR) is 149 cm³/mol. The fourth-order valence-corrected chi connectivity index (χ4v) is 3.47. The van der Waals surface area contributed by atoms with E-state index in [0.29, 0.717) is 55.0 Å². The number of rotatable bonds is 15. The lowest BCUT2D eigenvalue weighted by Crippen LogP contribution is -2.42. The normalized spacial score (nSPS) is 13.3. The van der Waals surface area contributed by atoms with Crippen LogP contribution in [0.3, 0.4) is 0 Å². The minimum absolute atomic E-state index is 0.0122. The molecule has 0 fully saturated rings. The van der Waals surface area contributed by atoms with Crippen molar-refractivity contribution in [2.75, 3.05) is 45.7 Å². The Morgan fingerprint density at radius 3 is 2.25 bits per heavy atom. The first-order valence-electron chi connectivity index (χ1n) is 13.0. The van der Waals surface area contributed by atoms with Gasteiger partial charge in [0.15, 0.2) is 11.9 Å². The second-order valence-electron chi connectivity index (χ2n) is 9.68. The van der Waals surface area contributed by atoms with Gasteiger partial charge in [-0.05, 0) is 72.3 Å². The summed E-state index contributed by atoms with van der Waals surface area (Å²) in [7, 11) is 6.06. The highest BCUT2D eigenvalue weighted by Crippen LogP contribution is 2.33. The molecule has 36 heavy (non-hydrogen) atoms. The molecule has 2 N–H and O–H groups in total. The minimum atomic E-state index is -0.929. The van der Waals surface area contributed by atoms with Crippen LogP contribution in [0.5, 0.6) is 5.75 Å². The summed E-state index contributed by atoms with van der Waals surface area (Å²) < 4.78 is 5.97. The van der Waals surface area contributed by atoms with E-state index in [4.69, 9.17) is 4.74 Å². The maximum Gasteiger partial charge on any atom is 0.219 e. The maximum absolute atomic E-state index is 11.4. The second-order valence-corrected chi connectivity index (χ2v) is 9.68. The predicted octanol–water partition coefficient (Wildman–Crippen LogP) is 3.84. The molecule has 0 aliphatic carbocycles. The number of nitrogens with zero attached hydrogens (tertiary/aromatic N) is 2. The number of aryl methyl sites for hydroxylation is 1. The topological polar surface area (TPSA) is 91.0 Å². The highest BCUT2D eigenvalue weighted by atomic mass is 16.5. The Hall–Kier alpha value is -2.45. The van der Waals surface area contributed by atoms with Gasteiger partial charge in [-0.1, -0.05) is 20.8 Å². The quantitative estimate of drug-likeness (QED) is 0.349. The van der Waals surface area contributed by atoms with Crippen LogP contribution in [0.25, 0.3) is 0 Å². The summed E-state index contributed by atoms with van der Waals surface area (Å²) in [5.41, 5.74) is 1.13. The maximum atomic E-state index is 11.4. The Morgan fingerprint density at radius 1 is 1.17 bits per heavy atom. The molecular formula is C28H50N4O4. The van der Waals surface area contributed by atoms with Crippen LogP contribution >= 0.6 is 0 Å². The Labute approximate surface area is 219 Å². The Balaban J connectivity index is 0.000000935. The van der Waals surface area contributed by atoms with Crippen LogP contribution in [0, 0.1) is 6.92 Å². The molecule has 1 amide bonds. The van der Waals surface area contributed by atoms with E-state index in [1.807, 2.05) is 32.8 Å². The third kappa shape index (κ3) is 11.1. The third-order valence-electron chi connectivity index (χ3n) is 6.57. The number of likely N-dealkylation sites (N-methyl/N-ethyl adjacent to an activating group) is 3. The second kappa shape index (κ2) is 17.1. The van der Waals surface area contributed by atoms with Gasteiger partial charge in [-0.3, -0.25) is 19.3 Å². The van der Waals surface area contributed by atoms with Crippen molar-refractivity contribution < 1.29 is 19.1 Å². The van der Waals surface area contributed by atoms with Crippen LogP contribution < -0.4 is 20.3 Å². The zero-order chi connectivity index (χ0) is 27.9. The van der Waals surface area contributed by atoms with Crippen molar-refractivity contribution in [3.63, 3.8) is 0 Å². The van der Waals surface area contributed by atoms with Gasteiger partial charge in [0.05, 0.1) is 5.69 Å². The van der Waals surface area contributed by atoms with E-state index >= 15 is 0 Å². The molecule has 0 bridgehead atoms. The molecule has 1 aromatic rings. The number of ether oxygens (including phenoxy) is 1. The summed E-state index contributed by atoms with van der Waals surface area (Å²) in [6.07, 6.45) is 3.78. The number of hydrogen-bond donors (Lipinski definition) is 2. The zero-order valence-electron chi connectivity index (χ0n) is 24.2. The Kier molecular flexibility index (Phi) is 15.9. The molecule has 0 heterocycles. The van der Waals surface area contributed by atoms with Crippen molar-refractivity contribution in [2.24, 2.45) is 0 Å². The van der Waals surface area contributed by atoms with Crippen LogP contribution in [0.2, 0.25) is 0 Å². The van der Waals surface area contributed by atoms with E-state index in [0.717, 1.165) is 24.7 Å². The molecule has 0 radical (unpaired) electrons.